The van der Waals surface area contributed by atoms with Crippen molar-refractivity contribution in [3.8, 4) is 0 Å². The maximum absolute atomic E-state index is 12.3. The molecule has 3 N–H and O–H groups in total. The molecule has 0 heterocycles. The van der Waals surface area contributed by atoms with Gasteiger partial charge in [-0.2, -0.15) is 13.2 Å². The molecule has 1 unspecified atom stereocenters. The zero-order valence-electron chi connectivity index (χ0n) is 9.68. The highest BCUT2D eigenvalue weighted by Crippen LogP contribution is 2.29. The molecule has 0 aliphatic heterocycles. The Morgan fingerprint density at radius 1 is 1.15 bits per heavy atom. The predicted octanol–water partition coefficient (Wildman–Crippen LogP) is 0.801. The lowest BCUT2D eigenvalue weighted by atomic mass is 10.1. The number of hydrogen-bond acceptors (Lipinski definition) is 5. The van der Waals surface area contributed by atoms with E-state index in [1.165, 1.54) is 0 Å². The summed E-state index contributed by atoms with van der Waals surface area (Å²) in [5.41, 5.74) is 3.57. The molecule has 1 aromatic carbocycles. The maximum atomic E-state index is 12.3. The summed E-state index contributed by atoms with van der Waals surface area (Å²) in [4.78, 5) is 32.8. The molecular weight excluding hydrogens is 283 g/mol. The number of alkyl halides is 3. The average molecular weight is 291 g/mol. The Bertz CT molecular complexity index is 538. The Labute approximate surface area is 109 Å². The van der Waals surface area contributed by atoms with Gasteiger partial charge in [-0.1, -0.05) is 0 Å². The predicted molar refractivity (Wildman–Crippen MR) is 57.5 cm³/mol. The monoisotopic (exact) mass is 291 g/mol. The van der Waals surface area contributed by atoms with Crippen LogP contribution in [0.1, 0.15) is 15.9 Å². The van der Waals surface area contributed by atoms with Crippen LogP contribution in [0, 0.1) is 0 Å². The van der Waals surface area contributed by atoms with Gasteiger partial charge in [0.25, 0.3) is 0 Å². The molecule has 0 bridgehead atoms. The van der Waals surface area contributed by atoms with Gasteiger partial charge in [0.15, 0.2) is 0 Å². The summed E-state index contributed by atoms with van der Waals surface area (Å²) < 4.78 is 40.9. The van der Waals surface area contributed by atoms with E-state index in [2.05, 4.69) is 4.74 Å². The van der Waals surface area contributed by atoms with Crippen molar-refractivity contribution < 1.29 is 37.4 Å². The van der Waals surface area contributed by atoms with E-state index in [0.717, 1.165) is 12.1 Å². The number of carboxylic acid groups (broad SMARTS) is 1. The number of nitrogens with two attached hydrogens (primary N) is 1. The molecule has 0 radical (unpaired) electrons. The van der Waals surface area contributed by atoms with Crippen molar-refractivity contribution in [2.75, 3.05) is 0 Å². The van der Waals surface area contributed by atoms with Crippen molar-refractivity contribution in [3.05, 3.63) is 35.4 Å². The smallest absolute Gasteiger partial charge is 0.416 e. The molecule has 1 atom stereocenters. The molecule has 9 heteroatoms. The molecule has 0 amide bonds. The zero-order valence-corrected chi connectivity index (χ0v) is 9.68. The van der Waals surface area contributed by atoms with Crippen molar-refractivity contribution in [1.82, 2.24) is 0 Å². The Kier molecular flexibility index (Phi) is 4.45. The van der Waals surface area contributed by atoms with Crippen LogP contribution in [0.25, 0.3) is 0 Å². The first-order valence-corrected chi connectivity index (χ1v) is 5.04. The number of benzene rings is 1. The van der Waals surface area contributed by atoms with E-state index >= 15 is 0 Å². The lowest BCUT2D eigenvalue weighted by Crippen LogP contribution is -2.40. The summed E-state index contributed by atoms with van der Waals surface area (Å²) in [7, 11) is 0. The van der Waals surface area contributed by atoms with E-state index < -0.39 is 35.7 Å². The lowest BCUT2D eigenvalue weighted by Gasteiger charge is -2.08. The summed E-state index contributed by atoms with van der Waals surface area (Å²) in [6, 6.07) is 0.791. The van der Waals surface area contributed by atoms with Gasteiger partial charge in [-0.05, 0) is 24.3 Å². The summed E-state index contributed by atoms with van der Waals surface area (Å²) in [6.45, 7) is 0. The molecule has 0 aliphatic rings. The second-order valence-electron chi connectivity index (χ2n) is 3.60. The molecule has 0 saturated carbocycles. The van der Waals surface area contributed by atoms with Crippen LogP contribution in [0.5, 0.6) is 0 Å². The van der Waals surface area contributed by atoms with E-state index in [9.17, 15) is 27.6 Å². The number of carboxylic acids is 1. The highest BCUT2D eigenvalue weighted by atomic mass is 19.4. The minimum Gasteiger partial charge on any atom is -0.480 e. The quantitative estimate of drug-likeness (QED) is 0.630. The van der Waals surface area contributed by atoms with Crippen molar-refractivity contribution in [2.24, 2.45) is 5.73 Å². The highest BCUT2D eigenvalue weighted by Gasteiger charge is 2.31. The number of esters is 2. The summed E-state index contributed by atoms with van der Waals surface area (Å²) in [5, 5.41) is 8.40. The third-order valence-corrected chi connectivity index (χ3v) is 2.16. The van der Waals surface area contributed by atoms with E-state index in [4.69, 9.17) is 10.8 Å². The number of rotatable bonds is 3. The van der Waals surface area contributed by atoms with Gasteiger partial charge in [-0.25, -0.2) is 14.4 Å². The first kappa shape index (κ1) is 15.6. The highest BCUT2D eigenvalue weighted by molar-refractivity contribution is 6.05. The molecule has 108 valence electrons. The molecule has 20 heavy (non-hydrogen) atoms. The Hall–Kier alpha value is -2.42. The molecule has 0 aliphatic carbocycles. The first-order valence-electron chi connectivity index (χ1n) is 5.04. The van der Waals surface area contributed by atoms with E-state index in [1.54, 1.807) is 0 Å². The largest absolute Gasteiger partial charge is 0.480 e. The maximum Gasteiger partial charge on any atom is 0.416 e. The number of aliphatic carboxylic acids is 1. The normalized spacial score (nSPS) is 12.6. The SMILES string of the molecule is NC(C(=O)O)C(=O)OC(=O)c1ccc(C(F)(F)F)cc1. The Morgan fingerprint density at radius 2 is 1.65 bits per heavy atom. The molecule has 6 nitrogen and oxygen atoms in total. The van der Waals surface area contributed by atoms with Gasteiger partial charge in [0.1, 0.15) is 0 Å². The van der Waals surface area contributed by atoms with Crippen LogP contribution in [0.15, 0.2) is 24.3 Å². The zero-order chi connectivity index (χ0) is 15.5. The third kappa shape index (κ3) is 3.79. The molecule has 0 spiro atoms. The van der Waals surface area contributed by atoms with Gasteiger partial charge >= 0.3 is 24.1 Å². The van der Waals surface area contributed by atoms with Crippen molar-refractivity contribution in [3.63, 3.8) is 0 Å². The minimum atomic E-state index is -4.57. The van der Waals surface area contributed by atoms with Crippen LogP contribution in [0.2, 0.25) is 0 Å². The number of hydrogen-bond donors (Lipinski definition) is 2. The van der Waals surface area contributed by atoms with Gasteiger partial charge in [-0.15, -0.1) is 0 Å². The molecule has 1 rings (SSSR count). The van der Waals surface area contributed by atoms with Crippen LogP contribution in [0.4, 0.5) is 13.2 Å². The standard InChI is InChI=1S/C11H8F3NO5/c12-11(13,14)6-3-1-5(2-4-6)9(18)20-10(19)7(15)8(16)17/h1-4,7H,15H2,(H,16,17). The lowest BCUT2D eigenvalue weighted by molar-refractivity contribution is -0.150. The second kappa shape index (κ2) is 5.70. The van der Waals surface area contributed by atoms with Gasteiger partial charge in [-0.3, -0.25) is 0 Å². The fourth-order valence-corrected chi connectivity index (χ4v) is 1.11. The van der Waals surface area contributed by atoms with Crippen LogP contribution in [-0.4, -0.2) is 29.1 Å². The number of halogens is 3. The van der Waals surface area contributed by atoms with Crippen LogP contribution in [-0.2, 0) is 20.5 Å². The number of carbonyl (C=O) groups excluding carboxylic acids is 2. The van der Waals surface area contributed by atoms with Crippen molar-refractivity contribution >= 4 is 17.9 Å². The number of ether oxygens (including phenoxy) is 1. The Morgan fingerprint density at radius 3 is 2.05 bits per heavy atom. The van der Waals surface area contributed by atoms with Crippen LogP contribution >= 0.6 is 0 Å². The first-order chi connectivity index (χ1) is 9.12. The van der Waals surface area contributed by atoms with Gasteiger partial charge in [0, 0.05) is 0 Å². The number of carbonyl (C=O) groups is 3. The van der Waals surface area contributed by atoms with E-state index in [-0.39, 0.29) is 5.56 Å². The Balaban J connectivity index is 2.79. The molecule has 0 saturated heterocycles. The average Bonchev–Trinajstić information content (AvgIpc) is 2.36. The molecular formula is C11H8F3NO5. The molecule has 1 aromatic rings. The summed E-state index contributed by atoms with van der Waals surface area (Å²) in [5.74, 6) is -4.50. The topological polar surface area (TPSA) is 107 Å². The van der Waals surface area contributed by atoms with Gasteiger partial charge in [0.05, 0.1) is 11.1 Å². The van der Waals surface area contributed by atoms with Gasteiger partial charge in [0.2, 0.25) is 6.04 Å². The fraction of sp³-hybridized carbons (Fsp3) is 0.182. The minimum absolute atomic E-state index is 0.344. The molecule has 0 aromatic heterocycles. The summed E-state index contributed by atoms with van der Waals surface area (Å²) >= 11 is 0. The van der Waals surface area contributed by atoms with Crippen molar-refractivity contribution in [1.29, 1.82) is 0 Å². The molecule has 0 fully saturated rings. The summed E-state index contributed by atoms with van der Waals surface area (Å²) in [6.07, 6.45) is -4.57. The van der Waals surface area contributed by atoms with E-state index in [1.807, 2.05) is 0 Å². The van der Waals surface area contributed by atoms with E-state index in [0.29, 0.717) is 12.1 Å². The second-order valence-corrected chi connectivity index (χ2v) is 3.60. The van der Waals surface area contributed by atoms with Gasteiger partial charge < -0.3 is 15.6 Å². The third-order valence-electron chi connectivity index (χ3n) is 2.16. The van der Waals surface area contributed by atoms with Crippen LogP contribution in [0.3, 0.4) is 0 Å². The van der Waals surface area contributed by atoms with Crippen LogP contribution < -0.4 is 5.73 Å². The fourth-order valence-electron chi connectivity index (χ4n) is 1.11. The van der Waals surface area contributed by atoms with Crippen molar-refractivity contribution in [2.45, 2.75) is 12.2 Å².